The summed E-state index contributed by atoms with van der Waals surface area (Å²) in [6, 6.07) is 20.7. The molecular weight excluding hydrogens is 288 g/mol. The topological polar surface area (TPSA) is 43.4 Å². The summed E-state index contributed by atoms with van der Waals surface area (Å²) in [6.07, 6.45) is 1.51. The van der Waals surface area contributed by atoms with E-state index in [0.717, 1.165) is 12.8 Å². The normalized spacial score (nSPS) is 10.5. The van der Waals surface area contributed by atoms with Gasteiger partial charge in [0.05, 0.1) is 6.61 Å². The fourth-order valence-electron chi connectivity index (χ4n) is 2.62. The Balaban J connectivity index is 1.94. The average molecular weight is 310 g/mol. The molecule has 0 aromatic heterocycles. The molecule has 0 spiro atoms. The Morgan fingerprint density at radius 3 is 1.91 bits per heavy atom. The van der Waals surface area contributed by atoms with Gasteiger partial charge in [-0.1, -0.05) is 60.7 Å². The highest BCUT2D eigenvalue weighted by Crippen LogP contribution is 2.28. The minimum atomic E-state index is -0.437. The molecule has 120 valence electrons. The van der Waals surface area contributed by atoms with Gasteiger partial charge >= 0.3 is 5.97 Å². The van der Waals surface area contributed by atoms with Crippen LogP contribution in [0.1, 0.15) is 43.2 Å². The maximum Gasteiger partial charge on any atom is 0.313 e. The van der Waals surface area contributed by atoms with Gasteiger partial charge in [0.15, 0.2) is 0 Å². The maximum absolute atomic E-state index is 11.4. The van der Waals surface area contributed by atoms with E-state index < -0.39 is 5.97 Å². The number of benzene rings is 2. The van der Waals surface area contributed by atoms with E-state index in [1.807, 2.05) is 36.4 Å². The van der Waals surface area contributed by atoms with E-state index in [-0.39, 0.29) is 18.1 Å². The molecule has 0 saturated heterocycles. The molecule has 23 heavy (non-hydrogen) atoms. The Morgan fingerprint density at radius 2 is 1.43 bits per heavy atom. The fraction of sp³-hybridized carbons (Fsp3) is 0.300. The summed E-state index contributed by atoms with van der Waals surface area (Å²) in [5, 5.41) is 0. The van der Waals surface area contributed by atoms with Gasteiger partial charge < -0.3 is 4.74 Å². The van der Waals surface area contributed by atoms with Crippen LogP contribution in [-0.2, 0) is 14.3 Å². The molecule has 2 aromatic rings. The molecule has 2 aromatic carbocycles. The van der Waals surface area contributed by atoms with Crippen LogP contribution in [-0.4, -0.2) is 18.4 Å². The van der Waals surface area contributed by atoms with Gasteiger partial charge in [-0.05, 0) is 30.9 Å². The molecule has 0 atom stereocenters. The van der Waals surface area contributed by atoms with Crippen molar-refractivity contribution < 1.29 is 14.3 Å². The zero-order valence-electron chi connectivity index (χ0n) is 13.4. The second kappa shape index (κ2) is 8.89. The lowest BCUT2D eigenvalue weighted by Crippen LogP contribution is -2.11. The van der Waals surface area contributed by atoms with Gasteiger partial charge in [0.1, 0.15) is 12.2 Å². The lowest BCUT2D eigenvalue weighted by molar-refractivity contribution is -0.145. The number of carbonyl (C=O) groups excluding carboxylic acids is 2. The summed E-state index contributed by atoms with van der Waals surface area (Å²) in [7, 11) is 0. The van der Waals surface area contributed by atoms with Crippen molar-refractivity contribution >= 4 is 11.8 Å². The van der Waals surface area contributed by atoms with Crippen molar-refractivity contribution in [3.05, 3.63) is 71.8 Å². The zero-order valence-corrected chi connectivity index (χ0v) is 13.4. The van der Waals surface area contributed by atoms with Crippen molar-refractivity contribution in [2.24, 2.45) is 0 Å². The van der Waals surface area contributed by atoms with Crippen molar-refractivity contribution in [1.29, 1.82) is 0 Å². The second-order valence-corrected chi connectivity index (χ2v) is 5.62. The van der Waals surface area contributed by atoms with Crippen molar-refractivity contribution in [2.75, 3.05) is 6.61 Å². The molecule has 0 N–H and O–H groups in total. The molecular formula is C20H22O3. The number of rotatable bonds is 8. The van der Waals surface area contributed by atoms with Gasteiger partial charge in [0.25, 0.3) is 0 Å². The fourth-order valence-corrected chi connectivity index (χ4v) is 2.62. The first kappa shape index (κ1) is 16.9. The van der Waals surface area contributed by atoms with E-state index in [2.05, 4.69) is 24.3 Å². The highest BCUT2D eigenvalue weighted by Gasteiger charge is 2.14. The van der Waals surface area contributed by atoms with E-state index in [0.29, 0.717) is 6.61 Å². The average Bonchev–Trinajstić information content (AvgIpc) is 2.56. The Labute approximate surface area is 137 Å². The quantitative estimate of drug-likeness (QED) is 0.418. The van der Waals surface area contributed by atoms with Gasteiger partial charge in [-0.2, -0.15) is 0 Å². The van der Waals surface area contributed by atoms with Crippen LogP contribution >= 0.6 is 0 Å². The summed E-state index contributed by atoms with van der Waals surface area (Å²) >= 11 is 0. The standard InChI is InChI=1S/C20H22O3/c1-16(21)15-20(22)23-14-8-13-19(17-9-4-2-5-10-17)18-11-6-3-7-12-18/h2-7,9-12,19H,8,13-15H2,1H3. The van der Waals surface area contributed by atoms with E-state index in [4.69, 9.17) is 4.74 Å². The molecule has 0 aliphatic rings. The lowest BCUT2D eigenvalue weighted by atomic mass is 9.88. The SMILES string of the molecule is CC(=O)CC(=O)OCCCC(c1ccccc1)c1ccccc1. The molecule has 0 aliphatic carbocycles. The number of Topliss-reactive ketones (excluding diaryl/α,β-unsaturated/α-hetero) is 1. The van der Waals surface area contributed by atoms with Crippen LogP contribution in [0.3, 0.4) is 0 Å². The molecule has 2 rings (SSSR count). The van der Waals surface area contributed by atoms with E-state index >= 15 is 0 Å². The molecule has 0 radical (unpaired) electrons. The van der Waals surface area contributed by atoms with Crippen LogP contribution in [0.15, 0.2) is 60.7 Å². The Kier molecular flexibility index (Phi) is 6.55. The third-order valence-electron chi connectivity index (χ3n) is 3.70. The predicted molar refractivity (Wildman–Crippen MR) is 90.2 cm³/mol. The molecule has 0 aliphatic heterocycles. The third kappa shape index (κ3) is 5.70. The summed E-state index contributed by atoms with van der Waals surface area (Å²) in [6.45, 7) is 1.74. The molecule has 0 fully saturated rings. The van der Waals surface area contributed by atoms with Crippen LogP contribution in [0.4, 0.5) is 0 Å². The molecule has 0 amide bonds. The first-order chi connectivity index (χ1) is 11.2. The monoisotopic (exact) mass is 310 g/mol. The molecule has 0 bridgehead atoms. The molecule has 0 unspecified atom stereocenters. The van der Waals surface area contributed by atoms with Crippen LogP contribution in [0.2, 0.25) is 0 Å². The summed E-state index contributed by atoms with van der Waals surface area (Å²) in [5.74, 6) is -0.321. The first-order valence-electron chi connectivity index (χ1n) is 7.92. The Bertz CT molecular complexity index is 580. The number of esters is 1. The number of ether oxygens (including phenoxy) is 1. The lowest BCUT2D eigenvalue weighted by Gasteiger charge is -2.18. The largest absolute Gasteiger partial charge is 0.465 e. The Hall–Kier alpha value is -2.42. The van der Waals surface area contributed by atoms with Crippen molar-refractivity contribution in [3.63, 3.8) is 0 Å². The van der Waals surface area contributed by atoms with Gasteiger partial charge in [0.2, 0.25) is 0 Å². The molecule has 0 saturated carbocycles. The third-order valence-corrected chi connectivity index (χ3v) is 3.70. The molecule has 3 nitrogen and oxygen atoms in total. The minimum absolute atomic E-state index is 0.138. The van der Waals surface area contributed by atoms with Gasteiger partial charge in [-0.3, -0.25) is 9.59 Å². The molecule has 0 heterocycles. The van der Waals surface area contributed by atoms with E-state index in [9.17, 15) is 9.59 Å². The van der Waals surface area contributed by atoms with Crippen LogP contribution in [0.5, 0.6) is 0 Å². The highest BCUT2D eigenvalue weighted by molar-refractivity contribution is 5.94. The Morgan fingerprint density at radius 1 is 0.913 bits per heavy atom. The smallest absolute Gasteiger partial charge is 0.313 e. The van der Waals surface area contributed by atoms with Crippen LogP contribution in [0, 0.1) is 0 Å². The van der Waals surface area contributed by atoms with Crippen LogP contribution < -0.4 is 0 Å². The van der Waals surface area contributed by atoms with Crippen LogP contribution in [0.25, 0.3) is 0 Å². The molecule has 3 heteroatoms. The van der Waals surface area contributed by atoms with Crippen molar-refractivity contribution in [3.8, 4) is 0 Å². The number of hydrogen-bond donors (Lipinski definition) is 0. The van der Waals surface area contributed by atoms with Crippen molar-refractivity contribution in [1.82, 2.24) is 0 Å². The van der Waals surface area contributed by atoms with Crippen molar-refractivity contribution in [2.45, 2.75) is 32.1 Å². The summed E-state index contributed by atoms with van der Waals surface area (Å²) < 4.78 is 5.12. The highest BCUT2D eigenvalue weighted by atomic mass is 16.5. The zero-order chi connectivity index (χ0) is 16.5. The number of hydrogen-bond acceptors (Lipinski definition) is 3. The number of carbonyl (C=O) groups is 2. The summed E-state index contributed by atoms with van der Waals surface area (Å²) in [4.78, 5) is 22.3. The summed E-state index contributed by atoms with van der Waals surface area (Å²) in [5.41, 5.74) is 2.52. The second-order valence-electron chi connectivity index (χ2n) is 5.62. The minimum Gasteiger partial charge on any atom is -0.465 e. The van der Waals surface area contributed by atoms with Gasteiger partial charge in [-0.15, -0.1) is 0 Å². The van der Waals surface area contributed by atoms with E-state index in [1.54, 1.807) is 0 Å². The number of ketones is 1. The van der Waals surface area contributed by atoms with E-state index in [1.165, 1.54) is 18.1 Å². The van der Waals surface area contributed by atoms with Gasteiger partial charge in [-0.25, -0.2) is 0 Å². The predicted octanol–water partition coefficient (Wildman–Crippen LogP) is 4.12. The first-order valence-corrected chi connectivity index (χ1v) is 7.92. The van der Waals surface area contributed by atoms with Gasteiger partial charge in [0, 0.05) is 5.92 Å². The maximum atomic E-state index is 11.4.